The molecule has 1 saturated carbocycles. The van der Waals surface area contributed by atoms with E-state index in [4.69, 9.17) is 0 Å². The molecule has 1 aliphatic carbocycles. The fourth-order valence-electron chi connectivity index (χ4n) is 3.52. The first kappa shape index (κ1) is 11.0. The Morgan fingerprint density at radius 3 is 2.58 bits per heavy atom. The summed E-state index contributed by atoms with van der Waals surface area (Å²) in [7, 11) is 0. The number of rotatable bonds is 1. The second-order valence-electron chi connectivity index (χ2n) is 5.99. The highest BCUT2D eigenvalue weighted by atomic mass is 16.2. The van der Waals surface area contributed by atoms with Crippen LogP contribution in [-0.4, -0.2) is 12.5 Å². The summed E-state index contributed by atoms with van der Waals surface area (Å²) in [4.78, 5) is 14.0. The van der Waals surface area contributed by atoms with Gasteiger partial charge in [0.15, 0.2) is 0 Å². The van der Waals surface area contributed by atoms with Crippen molar-refractivity contribution < 1.29 is 4.79 Å². The predicted molar refractivity (Wildman–Crippen MR) is 72.0 cm³/mol. The molecule has 2 heterocycles. The van der Waals surface area contributed by atoms with Gasteiger partial charge in [0.05, 0.1) is 17.2 Å². The van der Waals surface area contributed by atoms with E-state index in [0.29, 0.717) is 6.42 Å². The van der Waals surface area contributed by atoms with Gasteiger partial charge in [-0.3, -0.25) is 4.79 Å². The number of aryl methyl sites for hydroxylation is 2. The Morgan fingerprint density at radius 2 is 1.89 bits per heavy atom. The number of benzene rings is 1. The summed E-state index contributed by atoms with van der Waals surface area (Å²) in [6.07, 6.45) is 5.53. The van der Waals surface area contributed by atoms with Crippen molar-refractivity contribution in [2.45, 2.75) is 43.9 Å². The lowest BCUT2D eigenvalue weighted by Crippen LogP contribution is -2.39. The molecule has 0 radical (unpaired) electrons. The Kier molecular flexibility index (Phi) is 2.09. The number of amides is 1. The zero-order valence-electron chi connectivity index (χ0n) is 10.9. The van der Waals surface area contributed by atoms with Gasteiger partial charge in [0, 0.05) is 13.0 Å². The minimum Gasteiger partial charge on any atom is -0.312 e. The molecule has 0 aromatic heterocycles. The first-order chi connectivity index (χ1) is 9.23. The van der Waals surface area contributed by atoms with E-state index in [1.54, 1.807) is 0 Å². The molecule has 0 N–H and O–H groups in total. The van der Waals surface area contributed by atoms with Crippen molar-refractivity contribution in [3.05, 3.63) is 28.8 Å². The monoisotopic (exact) mass is 252 g/mol. The summed E-state index contributed by atoms with van der Waals surface area (Å²) >= 11 is 0. The van der Waals surface area contributed by atoms with Gasteiger partial charge in [0.1, 0.15) is 0 Å². The van der Waals surface area contributed by atoms with Crippen LogP contribution in [0.5, 0.6) is 0 Å². The Bertz CT molecular complexity index is 605. The van der Waals surface area contributed by atoms with E-state index in [9.17, 15) is 10.1 Å². The molecule has 4 rings (SSSR count). The van der Waals surface area contributed by atoms with Crippen LogP contribution in [0.4, 0.5) is 5.69 Å². The molecule has 3 heteroatoms. The molecule has 96 valence electrons. The quantitative estimate of drug-likeness (QED) is 0.770. The second kappa shape index (κ2) is 3.60. The van der Waals surface area contributed by atoms with E-state index in [0.717, 1.165) is 38.6 Å². The summed E-state index contributed by atoms with van der Waals surface area (Å²) in [6, 6.07) is 6.87. The van der Waals surface area contributed by atoms with Gasteiger partial charge in [-0.2, -0.15) is 5.26 Å². The number of anilines is 1. The third kappa shape index (κ3) is 1.46. The molecule has 0 spiro atoms. The van der Waals surface area contributed by atoms with Gasteiger partial charge in [0.25, 0.3) is 0 Å². The Labute approximate surface area is 112 Å². The van der Waals surface area contributed by atoms with Crippen molar-refractivity contribution in [1.82, 2.24) is 0 Å². The van der Waals surface area contributed by atoms with Crippen LogP contribution in [0.3, 0.4) is 0 Å². The molecular weight excluding hydrogens is 236 g/mol. The Morgan fingerprint density at radius 1 is 1.16 bits per heavy atom. The fraction of sp³-hybridized carbons (Fsp3) is 0.500. The maximum atomic E-state index is 12.0. The summed E-state index contributed by atoms with van der Waals surface area (Å²) in [5.74, 6) is 0.266. The average Bonchev–Trinajstić information content (AvgIpc) is 3.24. The summed E-state index contributed by atoms with van der Waals surface area (Å²) in [5.41, 5.74) is 4.72. The van der Waals surface area contributed by atoms with Crippen LogP contribution in [0.1, 0.15) is 42.4 Å². The van der Waals surface area contributed by atoms with Crippen LogP contribution in [0, 0.1) is 11.3 Å². The third-order valence-corrected chi connectivity index (χ3v) is 4.79. The largest absolute Gasteiger partial charge is 0.312 e. The van der Waals surface area contributed by atoms with Gasteiger partial charge < -0.3 is 4.90 Å². The molecule has 2 aliphatic heterocycles. The molecule has 1 fully saturated rings. The van der Waals surface area contributed by atoms with Crippen LogP contribution in [0.15, 0.2) is 12.1 Å². The highest BCUT2D eigenvalue weighted by Crippen LogP contribution is 2.50. The van der Waals surface area contributed by atoms with Gasteiger partial charge in [-0.1, -0.05) is 12.1 Å². The topological polar surface area (TPSA) is 44.1 Å². The summed E-state index contributed by atoms with van der Waals surface area (Å²) in [6.45, 7) is 0.863. The Balaban J connectivity index is 1.89. The van der Waals surface area contributed by atoms with E-state index < -0.39 is 0 Å². The van der Waals surface area contributed by atoms with Gasteiger partial charge in [-0.25, -0.2) is 0 Å². The van der Waals surface area contributed by atoms with Crippen LogP contribution in [0.2, 0.25) is 0 Å². The number of hydrogen-bond acceptors (Lipinski definition) is 2. The highest BCUT2D eigenvalue weighted by molar-refractivity contribution is 5.97. The number of hydrogen-bond donors (Lipinski definition) is 0. The number of carbonyl (C=O) groups is 1. The number of nitrogens with zero attached hydrogens (tertiary/aromatic N) is 2. The van der Waals surface area contributed by atoms with Gasteiger partial charge in [-0.15, -0.1) is 0 Å². The van der Waals surface area contributed by atoms with Crippen LogP contribution >= 0.6 is 0 Å². The molecule has 0 saturated heterocycles. The van der Waals surface area contributed by atoms with Crippen molar-refractivity contribution in [2.24, 2.45) is 0 Å². The SMILES string of the molecule is N#CC1(c2cc3c4c(c2)CCC(=O)N4CCC3)CC1. The van der Waals surface area contributed by atoms with Crippen LogP contribution in [0.25, 0.3) is 0 Å². The van der Waals surface area contributed by atoms with Crippen molar-refractivity contribution in [3.63, 3.8) is 0 Å². The van der Waals surface area contributed by atoms with Crippen LogP contribution in [-0.2, 0) is 23.1 Å². The van der Waals surface area contributed by atoms with Crippen molar-refractivity contribution >= 4 is 11.6 Å². The molecular formula is C16H16N2O. The first-order valence-electron chi connectivity index (χ1n) is 7.11. The lowest BCUT2D eigenvalue weighted by atomic mass is 9.86. The Hall–Kier alpha value is -1.82. The number of nitriles is 1. The molecule has 19 heavy (non-hydrogen) atoms. The standard InChI is InChI=1S/C16H16N2O/c17-10-16(5-6-16)13-8-11-2-1-7-18-14(19)4-3-12(9-13)15(11)18/h8-9H,1-7H2. The first-order valence-corrected chi connectivity index (χ1v) is 7.11. The van der Waals surface area contributed by atoms with E-state index >= 15 is 0 Å². The smallest absolute Gasteiger partial charge is 0.227 e. The minimum absolute atomic E-state index is 0.213. The molecule has 0 unspecified atom stereocenters. The maximum Gasteiger partial charge on any atom is 0.227 e. The third-order valence-electron chi connectivity index (χ3n) is 4.79. The molecule has 1 amide bonds. The minimum atomic E-state index is -0.213. The zero-order valence-corrected chi connectivity index (χ0v) is 10.9. The second-order valence-corrected chi connectivity index (χ2v) is 5.99. The van der Waals surface area contributed by atoms with E-state index in [1.165, 1.54) is 22.4 Å². The van der Waals surface area contributed by atoms with Gasteiger partial charge >= 0.3 is 0 Å². The fourth-order valence-corrected chi connectivity index (χ4v) is 3.52. The van der Waals surface area contributed by atoms with Crippen LogP contribution < -0.4 is 4.90 Å². The zero-order chi connectivity index (χ0) is 13.0. The predicted octanol–water partition coefficient (Wildman–Crippen LogP) is 2.47. The summed E-state index contributed by atoms with van der Waals surface area (Å²) < 4.78 is 0. The molecule has 1 aromatic carbocycles. The number of carbonyl (C=O) groups excluding carboxylic acids is 1. The van der Waals surface area contributed by atoms with E-state index in [2.05, 4.69) is 18.2 Å². The summed E-state index contributed by atoms with van der Waals surface area (Å²) in [5, 5.41) is 9.37. The lowest BCUT2D eigenvalue weighted by molar-refractivity contribution is -0.119. The van der Waals surface area contributed by atoms with Gasteiger partial charge in [0.2, 0.25) is 5.91 Å². The average molecular weight is 252 g/mol. The maximum absolute atomic E-state index is 12.0. The molecule has 0 bridgehead atoms. The molecule has 1 aromatic rings. The molecule has 3 aliphatic rings. The van der Waals surface area contributed by atoms with Crippen molar-refractivity contribution in [3.8, 4) is 6.07 Å². The van der Waals surface area contributed by atoms with Crippen molar-refractivity contribution in [1.29, 1.82) is 5.26 Å². The van der Waals surface area contributed by atoms with Gasteiger partial charge in [-0.05, 0) is 48.8 Å². The lowest BCUT2D eigenvalue weighted by Gasteiger charge is -2.35. The van der Waals surface area contributed by atoms with E-state index in [-0.39, 0.29) is 11.3 Å². The molecule has 3 nitrogen and oxygen atoms in total. The van der Waals surface area contributed by atoms with Crippen molar-refractivity contribution in [2.75, 3.05) is 11.4 Å². The normalized spacial score (nSPS) is 22.7. The highest BCUT2D eigenvalue weighted by Gasteiger charge is 2.46. The van der Waals surface area contributed by atoms with E-state index in [1.807, 2.05) is 4.90 Å². The molecule has 0 atom stereocenters.